The summed E-state index contributed by atoms with van der Waals surface area (Å²) in [6, 6.07) is 2.66. The number of ether oxygens (including phenoxy) is 2. The van der Waals surface area contributed by atoms with Crippen molar-refractivity contribution in [3.05, 3.63) is 22.2 Å². The Hall–Kier alpha value is -2.31. The molecule has 0 aromatic heterocycles. The van der Waals surface area contributed by atoms with Gasteiger partial charge < -0.3 is 14.8 Å². The van der Waals surface area contributed by atoms with Gasteiger partial charge in [0.25, 0.3) is 0 Å². The van der Waals surface area contributed by atoms with Gasteiger partial charge in [-0.2, -0.15) is 0 Å². The number of hydrogen-bond donors (Lipinski definition) is 1. The number of anilines is 1. The molecule has 0 aliphatic heterocycles. The Morgan fingerprint density at radius 3 is 2.41 bits per heavy atom. The van der Waals surface area contributed by atoms with Gasteiger partial charge in [0.05, 0.1) is 24.8 Å². The lowest BCUT2D eigenvalue weighted by atomic mass is 10.2. The first-order chi connectivity index (χ1) is 7.99. The molecule has 1 aromatic carbocycles. The molecule has 7 nitrogen and oxygen atoms in total. The summed E-state index contributed by atoms with van der Waals surface area (Å²) in [7, 11) is 2.67. The molecule has 17 heavy (non-hydrogen) atoms. The van der Waals surface area contributed by atoms with Crippen molar-refractivity contribution in [3.63, 3.8) is 0 Å². The van der Waals surface area contributed by atoms with Crippen LogP contribution in [0.4, 0.5) is 11.4 Å². The molecule has 0 aliphatic rings. The van der Waals surface area contributed by atoms with Gasteiger partial charge in [-0.05, 0) is 0 Å². The quantitative estimate of drug-likeness (QED) is 0.637. The molecule has 7 heteroatoms. The Labute approximate surface area is 97.5 Å². The molecule has 0 unspecified atom stereocenters. The molecule has 1 aromatic rings. The third-order valence-corrected chi connectivity index (χ3v) is 1.98. The summed E-state index contributed by atoms with van der Waals surface area (Å²) >= 11 is 0. The molecule has 0 aliphatic carbocycles. The lowest BCUT2D eigenvalue weighted by Crippen LogP contribution is -2.07. The van der Waals surface area contributed by atoms with Crippen LogP contribution in [0.2, 0.25) is 0 Å². The second kappa shape index (κ2) is 5.15. The number of nitrogens with one attached hydrogen (secondary N) is 1. The van der Waals surface area contributed by atoms with Gasteiger partial charge >= 0.3 is 5.69 Å². The molecule has 1 rings (SSSR count). The van der Waals surface area contributed by atoms with Crippen LogP contribution in [0.25, 0.3) is 0 Å². The van der Waals surface area contributed by atoms with Gasteiger partial charge in [0.15, 0.2) is 5.75 Å². The molecular formula is C10H12N2O5. The smallest absolute Gasteiger partial charge is 0.316 e. The molecule has 1 amide bonds. The maximum Gasteiger partial charge on any atom is 0.316 e. The molecule has 1 N–H and O–H groups in total. The average molecular weight is 240 g/mol. The van der Waals surface area contributed by atoms with Crippen LogP contribution in [0.3, 0.4) is 0 Å². The molecule has 92 valence electrons. The van der Waals surface area contributed by atoms with Crippen LogP contribution in [0.15, 0.2) is 12.1 Å². The van der Waals surface area contributed by atoms with Crippen molar-refractivity contribution in [2.75, 3.05) is 19.5 Å². The monoisotopic (exact) mass is 240 g/mol. The summed E-state index contributed by atoms with van der Waals surface area (Å²) in [5.74, 6) is -0.122. The Balaban J connectivity index is 3.34. The molecule has 0 heterocycles. The highest BCUT2D eigenvalue weighted by Gasteiger charge is 2.21. The summed E-state index contributed by atoms with van der Waals surface area (Å²) in [6.07, 6.45) is 0. The number of nitro groups is 1. The minimum atomic E-state index is -0.604. The summed E-state index contributed by atoms with van der Waals surface area (Å²) in [4.78, 5) is 21.1. The van der Waals surface area contributed by atoms with E-state index in [9.17, 15) is 14.9 Å². The van der Waals surface area contributed by atoms with Gasteiger partial charge in [0.2, 0.25) is 11.7 Å². The molecule has 0 bridgehead atoms. The van der Waals surface area contributed by atoms with Crippen molar-refractivity contribution in [1.29, 1.82) is 0 Å². The van der Waals surface area contributed by atoms with Crippen molar-refractivity contribution < 1.29 is 19.2 Å². The molecule has 0 saturated heterocycles. The van der Waals surface area contributed by atoms with Crippen LogP contribution in [0.5, 0.6) is 11.5 Å². The number of hydrogen-bond acceptors (Lipinski definition) is 5. The van der Waals surface area contributed by atoms with Gasteiger partial charge in [-0.3, -0.25) is 14.9 Å². The lowest BCUT2D eigenvalue weighted by molar-refractivity contribution is -0.385. The molecule has 0 fully saturated rings. The zero-order valence-corrected chi connectivity index (χ0v) is 9.64. The van der Waals surface area contributed by atoms with E-state index in [4.69, 9.17) is 9.47 Å². The molecule has 0 spiro atoms. The van der Waals surface area contributed by atoms with E-state index in [2.05, 4.69) is 5.32 Å². The van der Waals surface area contributed by atoms with Crippen LogP contribution in [-0.2, 0) is 4.79 Å². The van der Waals surface area contributed by atoms with Gasteiger partial charge in [0, 0.05) is 19.1 Å². The van der Waals surface area contributed by atoms with E-state index < -0.39 is 4.92 Å². The average Bonchev–Trinajstić information content (AvgIpc) is 2.26. The predicted molar refractivity (Wildman–Crippen MR) is 60.5 cm³/mol. The van der Waals surface area contributed by atoms with E-state index in [0.717, 1.165) is 0 Å². The zero-order valence-electron chi connectivity index (χ0n) is 9.64. The highest BCUT2D eigenvalue weighted by Crippen LogP contribution is 2.39. The maximum atomic E-state index is 10.9. The summed E-state index contributed by atoms with van der Waals surface area (Å²) in [5.41, 5.74) is 0.0115. The van der Waals surface area contributed by atoms with E-state index in [-0.39, 0.29) is 28.8 Å². The number of carbonyl (C=O) groups is 1. The lowest BCUT2D eigenvalue weighted by Gasteiger charge is -2.10. The molecule has 0 atom stereocenters. The summed E-state index contributed by atoms with van der Waals surface area (Å²) in [6.45, 7) is 1.31. The Bertz CT molecular complexity index is 458. The summed E-state index contributed by atoms with van der Waals surface area (Å²) in [5, 5.41) is 13.3. The van der Waals surface area contributed by atoms with Crippen LogP contribution in [0.1, 0.15) is 6.92 Å². The number of benzene rings is 1. The van der Waals surface area contributed by atoms with Crippen LogP contribution >= 0.6 is 0 Å². The van der Waals surface area contributed by atoms with Crippen LogP contribution < -0.4 is 14.8 Å². The van der Waals surface area contributed by atoms with Gasteiger partial charge in [0.1, 0.15) is 0 Å². The fourth-order valence-corrected chi connectivity index (χ4v) is 1.36. The SMILES string of the molecule is COc1cc(NC(C)=O)cc([N+](=O)[O-])c1OC. The number of carbonyl (C=O) groups excluding carboxylic acids is 1. The minimum Gasteiger partial charge on any atom is -0.493 e. The van der Waals surface area contributed by atoms with E-state index in [1.54, 1.807) is 0 Å². The number of amides is 1. The molecule has 0 saturated carbocycles. The molecule has 0 radical (unpaired) electrons. The highest BCUT2D eigenvalue weighted by atomic mass is 16.6. The normalized spacial score (nSPS) is 9.59. The van der Waals surface area contributed by atoms with E-state index in [1.807, 2.05) is 0 Å². The second-order valence-electron chi connectivity index (χ2n) is 3.17. The van der Waals surface area contributed by atoms with E-state index >= 15 is 0 Å². The van der Waals surface area contributed by atoms with Crippen molar-refractivity contribution in [2.24, 2.45) is 0 Å². The van der Waals surface area contributed by atoms with Gasteiger partial charge in [-0.1, -0.05) is 0 Å². The van der Waals surface area contributed by atoms with Crippen LogP contribution in [-0.4, -0.2) is 25.1 Å². The number of nitro benzene ring substituents is 1. The number of methoxy groups -OCH3 is 2. The van der Waals surface area contributed by atoms with Crippen LogP contribution in [0, 0.1) is 10.1 Å². The van der Waals surface area contributed by atoms with Crippen molar-refractivity contribution in [2.45, 2.75) is 6.92 Å². The molecular weight excluding hydrogens is 228 g/mol. The first-order valence-corrected chi connectivity index (χ1v) is 4.67. The maximum absolute atomic E-state index is 10.9. The van der Waals surface area contributed by atoms with Crippen molar-refractivity contribution in [3.8, 4) is 11.5 Å². The Kier molecular flexibility index (Phi) is 3.86. The Morgan fingerprint density at radius 2 is 2.00 bits per heavy atom. The Morgan fingerprint density at radius 1 is 1.35 bits per heavy atom. The fraction of sp³-hybridized carbons (Fsp3) is 0.300. The van der Waals surface area contributed by atoms with Gasteiger partial charge in [-0.15, -0.1) is 0 Å². The zero-order chi connectivity index (χ0) is 13.0. The largest absolute Gasteiger partial charge is 0.493 e. The third kappa shape index (κ3) is 2.83. The highest BCUT2D eigenvalue weighted by molar-refractivity contribution is 5.89. The first kappa shape index (κ1) is 12.8. The number of nitrogens with zero attached hydrogens (tertiary/aromatic N) is 1. The summed E-state index contributed by atoms with van der Waals surface area (Å²) < 4.78 is 9.88. The van der Waals surface area contributed by atoms with Crippen molar-refractivity contribution in [1.82, 2.24) is 0 Å². The third-order valence-electron chi connectivity index (χ3n) is 1.98. The number of rotatable bonds is 4. The van der Waals surface area contributed by atoms with Crippen molar-refractivity contribution >= 4 is 17.3 Å². The standard InChI is InChI=1S/C10H12N2O5/c1-6(13)11-7-4-8(12(14)15)10(17-3)9(5-7)16-2/h4-5H,1-3H3,(H,11,13). The van der Waals surface area contributed by atoms with E-state index in [1.165, 1.54) is 33.3 Å². The van der Waals surface area contributed by atoms with E-state index in [0.29, 0.717) is 0 Å². The topological polar surface area (TPSA) is 90.7 Å². The fourth-order valence-electron chi connectivity index (χ4n) is 1.36. The first-order valence-electron chi connectivity index (χ1n) is 4.67. The van der Waals surface area contributed by atoms with Gasteiger partial charge in [-0.25, -0.2) is 0 Å². The second-order valence-corrected chi connectivity index (χ2v) is 3.17. The minimum absolute atomic E-state index is 0.0200. The predicted octanol–water partition coefficient (Wildman–Crippen LogP) is 1.57.